The van der Waals surface area contributed by atoms with Gasteiger partial charge in [-0.3, -0.25) is 4.79 Å². The summed E-state index contributed by atoms with van der Waals surface area (Å²) in [6.07, 6.45) is 0.399. The zero-order chi connectivity index (χ0) is 18.2. The maximum Gasteiger partial charge on any atom is 0.226 e. The Labute approximate surface area is 153 Å². The lowest BCUT2D eigenvalue weighted by Crippen LogP contribution is -2.16. The first kappa shape index (κ1) is 17.5. The molecule has 0 spiro atoms. The number of carbonyl (C=O) groups is 1. The van der Waals surface area contributed by atoms with Gasteiger partial charge in [0.05, 0.1) is 0 Å². The van der Waals surface area contributed by atoms with Gasteiger partial charge in [-0.1, -0.05) is 30.3 Å². The van der Waals surface area contributed by atoms with Crippen molar-refractivity contribution in [2.45, 2.75) is 13.3 Å². The van der Waals surface area contributed by atoms with Crippen molar-refractivity contribution in [2.24, 2.45) is 0 Å². The predicted octanol–water partition coefficient (Wildman–Crippen LogP) is 5.23. The minimum Gasteiger partial charge on any atom is -0.457 e. The third kappa shape index (κ3) is 5.38. The molecular formula is C22H22N2O2. The summed E-state index contributed by atoms with van der Waals surface area (Å²) >= 11 is 0. The number of para-hydroxylation sites is 1. The van der Waals surface area contributed by atoms with Gasteiger partial charge in [-0.05, 0) is 61.0 Å². The molecule has 26 heavy (non-hydrogen) atoms. The van der Waals surface area contributed by atoms with E-state index in [-0.39, 0.29) is 5.91 Å². The quantitative estimate of drug-likeness (QED) is 0.616. The van der Waals surface area contributed by atoms with Crippen LogP contribution in [-0.2, 0) is 4.79 Å². The Kier molecular flexibility index (Phi) is 5.88. The fourth-order valence-electron chi connectivity index (χ4n) is 2.53. The number of hydrogen-bond donors (Lipinski definition) is 2. The van der Waals surface area contributed by atoms with Gasteiger partial charge >= 0.3 is 0 Å². The second kappa shape index (κ2) is 8.72. The summed E-state index contributed by atoms with van der Waals surface area (Å²) in [4.78, 5) is 12.0. The number of rotatable bonds is 7. The Hall–Kier alpha value is -3.27. The molecule has 0 aromatic heterocycles. The standard InChI is InChI=1S/C22H22N2O2/c1-17-6-5-7-19(16-17)24-22(25)14-15-23-18-10-12-21(13-11-18)26-20-8-3-2-4-9-20/h2-13,16,23H,14-15H2,1H3,(H,24,25). The van der Waals surface area contributed by atoms with Gasteiger partial charge in [0, 0.05) is 24.3 Å². The van der Waals surface area contributed by atoms with Gasteiger partial charge in [0.25, 0.3) is 0 Å². The first-order valence-electron chi connectivity index (χ1n) is 8.62. The van der Waals surface area contributed by atoms with Crippen LogP contribution in [0, 0.1) is 6.92 Å². The van der Waals surface area contributed by atoms with Gasteiger partial charge < -0.3 is 15.4 Å². The van der Waals surface area contributed by atoms with Crippen LogP contribution in [0.1, 0.15) is 12.0 Å². The number of carbonyl (C=O) groups excluding carboxylic acids is 1. The number of benzene rings is 3. The number of ether oxygens (including phenoxy) is 1. The molecule has 0 radical (unpaired) electrons. The average molecular weight is 346 g/mol. The Morgan fingerprint density at radius 2 is 1.58 bits per heavy atom. The summed E-state index contributed by atoms with van der Waals surface area (Å²) in [6.45, 7) is 2.57. The zero-order valence-electron chi connectivity index (χ0n) is 14.7. The highest BCUT2D eigenvalue weighted by atomic mass is 16.5. The van der Waals surface area contributed by atoms with Crippen LogP contribution in [-0.4, -0.2) is 12.5 Å². The van der Waals surface area contributed by atoms with Gasteiger partial charge in [-0.2, -0.15) is 0 Å². The summed E-state index contributed by atoms with van der Waals surface area (Å²) in [7, 11) is 0. The molecule has 0 atom stereocenters. The van der Waals surface area contributed by atoms with E-state index in [0.717, 1.165) is 28.4 Å². The molecule has 0 saturated heterocycles. The summed E-state index contributed by atoms with van der Waals surface area (Å²) in [6, 6.07) is 25.1. The first-order chi connectivity index (χ1) is 12.7. The highest BCUT2D eigenvalue weighted by Crippen LogP contribution is 2.22. The normalized spacial score (nSPS) is 10.2. The summed E-state index contributed by atoms with van der Waals surface area (Å²) in [5.41, 5.74) is 2.91. The Balaban J connectivity index is 1.44. The number of aryl methyl sites for hydroxylation is 1. The van der Waals surface area contributed by atoms with Gasteiger partial charge in [0.15, 0.2) is 0 Å². The van der Waals surface area contributed by atoms with Crippen LogP contribution in [0.25, 0.3) is 0 Å². The maximum atomic E-state index is 12.0. The molecule has 2 N–H and O–H groups in total. The van der Waals surface area contributed by atoms with Crippen LogP contribution < -0.4 is 15.4 Å². The average Bonchev–Trinajstić information content (AvgIpc) is 2.64. The summed E-state index contributed by atoms with van der Waals surface area (Å²) in [5, 5.41) is 6.15. The molecule has 132 valence electrons. The molecule has 0 aliphatic rings. The lowest BCUT2D eigenvalue weighted by molar-refractivity contribution is -0.115. The molecular weight excluding hydrogens is 324 g/mol. The maximum absolute atomic E-state index is 12.0. The summed E-state index contributed by atoms with van der Waals surface area (Å²) < 4.78 is 5.76. The molecule has 0 saturated carbocycles. The summed E-state index contributed by atoms with van der Waals surface area (Å²) in [5.74, 6) is 1.58. The molecule has 1 amide bonds. The monoisotopic (exact) mass is 346 g/mol. The number of nitrogens with one attached hydrogen (secondary N) is 2. The molecule has 0 heterocycles. The zero-order valence-corrected chi connectivity index (χ0v) is 14.7. The van der Waals surface area contributed by atoms with E-state index in [1.807, 2.05) is 85.8 Å². The van der Waals surface area contributed by atoms with Crippen LogP contribution in [0.3, 0.4) is 0 Å². The number of hydrogen-bond acceptors (Lipinski definition) is 3. The van der Waals surface area contributed by atoms with Crippen molar-refractivity contribution >= 4 is 17.3 Å². The van der Waals surface area contributed by atoms with Gasteiger partial charge in [-0.15, -0.1) is 0 Å². The molecule has 4 nitrogen and oxygen atoms in total. The fraction of sp³-hybridized carbons (Fsp3) is 0.136. The molecule has 0 aliphatic carbocycles. The van der Waals surface area contributed by atoms with Crippen LogP contribution in [0.5, 0.6) is 11.5 Å². The fourth-order valence-corrected chi connectivity index (χ4v) is 2.53. The Morgan fingerprint density at radius 1 is 0.846 bits per heavy atom. The predicted molar refractivity (Wildman–Crippen MR) is 106 cm³/mol. The number of anilines is 2. The van der Waals surface area contributed by atoms with Gasteiger partial charge in [0.2, 0.25) is 5.91 Å². The van der Waals surface area contributed by atoms with Gasteiger partial charge in [-0.25, -0.2) is 0 Å². The SMILES string of the molecule is Cc1cccc(NC(=O)CCNc2ccc(Oc3ccccc3)cc2)c1. The highest BCUT2D eigenvalue weighted by Gasteiger charge is 2.03. The molecule has 0 unspecified atom stereocenters. The largest absolute Gasteiger partial charge is 0.457 e. The topological polar surface area (TPSA) is 50.4 Å². The van der Waals surface area contributed by atoms with E-state index in [1.54, 1.807) is 0 Å². The van der Waals surface area contributed by atoms with Crippen molar-refractivity contribution in [1.82, 2.24) is 0 Å². The second-order valence-electron chi connectivity index (χ2n) is 6.03. The van der Waals surface area contributed by atoms with E-state index >= 15 is 0 Å². The molecule has 0 bridgehead atoms. The van der Waals surface area contributed by atoms with E-state index < -0.39 is 0 Å². The van der Waals surface area contributed by atoms with Crippen LogP contribution in [0.4, 0.5) is 11.4 Å². The van der Waals surface area contributed by atoms with E-state index in [4.69, 9.17) is 4.74 Å². The van der Waals surface area contributed by atoms with Crippen molar-refractivity contribution in [3.05, 3.63) is 84.4 Å². The molecule has 0 fully saturated rings. The minimum absolute atomic E-state index is 0.00729. The lowest BCUT2D eigenvalue weighted by atomic mass is 10.2. The third-order valence-electron chi connectivity index (χ3n) is 3.82. The highest BCUT2D eigenvalue weighted by molar-refractivity contribution is 5.91. The van der Waals surface area contributed by atoms with E-state index in [1.165, 1.54) is 0 Å². The van der Waals surface area contributed by atoms with Crippen LogP contribution in [0.2, 0.25) is 0 Å². The van der Waals surface area contributed by atoms with Crippen molar-refractivity contribution in [1.29, 1.82) is 0 Å². The minimum atomic E-state index is -0.00729. The van der Waals surface area contributed by atoms with Crippen LogP contribution in [0.15, 0.2) is 78.9 Å². The second-order valence-corrected chi connectivity index (χ2v) is 6.03. The van der Waals surface area contributed by atoms with Crippen LogP contribution >= 0.6 is 0 Å². The van der Waals surface area contributed by atoms with Crippen molar-refractivity contribution in [3.8, 4) is 11.5 Å². The van der Waals surface area contributed by atoms with Crippen molar-refractivity contribution in [3.63, 3.8) is 0 Å². The van der Waals surface area contributed by atoms with E-state index in [0.29, 0.717) is 13.0 Å². The van der Waals surface area contributed by atoms with Crippen molar-refractivity contribution in [2.75, 3.05) is 17.2 Å². The van der Waals surface area contributed by atoms with Gasteiger partial charge in [0.1, 0.15) is 11.5 Å². The third-order valence-corrected chi connectivity index (χ3v) is 3.82. The molecule has 3 rings (SSSR count). The molecule has 3 aromatic carbocycles. The first-order valence-corrected chi connectivity index (χ1v) is 8.62. The molecule has 4 heteroatoms. The van der Waals surface area contributed by atoms with E-state index in [2.05, 4.69) is 10.6 Å². The number of amides is 1. The smallest absolute Gasteiger partial charge is 0.226 e. The van der Waals surface area contributed by atoms with Crippen molar-refractivity contribution < 1.29 is 9.53 Å². The Morgan fingerprint density at radius 3 is 2.31 bits per heavy atom. The Bertz CT molecular complexity index is 846. The molecule has 0 aliphatic heterocycles. The molecule has 3 aromatic rings. The lowest BCUT2D eigenvalue weighted by Gasteiger charge is -2.09. The van der Waals surface area contributed by atoms with E-state index in [9.17, 15) is 4.79 Å².